The highest BCUT2D eigenvalue weighted by Crippen LogP contribution is 2.32. The van der Waals surface area contributed by atoms with Gasteiger partial charge in [0, 0.05) is 6.04 Å². The number of benzene rings is 1. The molecule has 0 fully saturated rings. The second kappa shape index (κ2) is 6.79. The van der Waals surface area contributed by atoms with Gasteiger partial charge in [-0.3, -0.25) is 0 Å². The van der Waals surface area contributed by atoms with Crippen molar-refractivity contribution in [2.45, 2.75) is 58.9 Å². The van der Waals surface area contributed by atoms with Crippen molar-refractivity contribution < 1.29 is 4.74 Å². The summed E-state index contributed by atoms with van der Waals surface area (Å²) >= 11 is 0. The maximum absolute atomic E-state index is 5.87. The lowest BCUT2D eigenvalue weighted by molar-refractivity contribution is 0.410. The largest absolute Gasteiger partial charge is 0.496 e. The first-order valence-corrected chi connectivity index (χ1v) is 6.90. The molecule has 2 unspecified atom stereocenters. The van der Waals surface area contributed by atoms with E-state index in [0.717, 1.165) is 12.2 Å². The zero-order valence-corrected chi connectivity index (χ0v) is 12.4. The molecule has 0 aliphatic rings. The van der Waals surface area contributed by atoms with Crippen molar-refractivity contribution in [2.75, 3.05) is 7.11 Å². The van der Waals surface area contributed by atoms with Crippen molar-refractivity contribution >= 4 is 0 Å². The van der Waals surface area contributed by atoms with E-state index in [1.807, 2.05) is 0 Å². The highest BCUT2D eigenvalue weighted by atomic mass is 16.5. The van der Waals surface area contributed by atoms with Gasteiger partial charge in [-0.05, 0) is 68.7 Å². The molecule has 2 nitrogen and oxygen atoms in total. The first kappa shape index (κ1) is 15.0. The average Bonchev–Trinajstić information content (AvgIpc) is 2.33. The third-order valence-electron chi connectivity index (χ3n) is 3.69. The molecule has 0 bridgehead atoms. The van der Waals surface area contributed by atoms with Crippen LogP contribution in [0.2, 0.25) is 0 Å². The van der Waals surface area contributed by atoms with Gasteiger partial charge < -0.3 is 10.5 Å². The Morgan fingerprint density at radius 3 is 2.33 bits per heavy atom. The van der Waals surface area contributed by atoms with Gasteiger partial charge in [-0.15, -0.1) is 0 Å². The Kier molecular flexibility index (Phi) is 5.67. The fourth-order valence-corrected chi connectivity index (χ4v) is 2.52. The summed E-state index contributed by atoms with van der Waals surface area (Å²) in [5.74, 6) is 1.60. The molecule has 0 saturated heterocycles. The van der Waals surface area contributed by atoms with Crippen LogP contribution in [0.1, 0.15) is 55.7 Å². The molecule has 1 rings (SSSR count). The van der Waals surface area contributed by atoms with Crippen molar-refractivity contribution in [2.24, 2.45) is 5.73 Å². The van der Waals surface area contributed by atoms with Gasteiger partial charge in [0.2, 0.25) is 0 Å². The fraction of sp³-hybridized carbons (Fsp3) is 0.625. The van der Waals surface area contributed by atoms with Gasteiger partial charge in [0.15, 0.2) is 0 Å². The summed E-state index contributed by atoms with van der Waals surface area (Å²) in [5, 5.41) is 0. The second-order valence-electron chi connectivity index (χ2n) is 5.34. The average molecular weight is 249 g/mol. The minimum Gasteiger partial charge on any atom is -0.496 e. The van der Waals surface area contributed by atoms with Crippen LogP contribution in [-0.2, 0) is 0 Å². The summed E-state index contributed by atoms with van der Waals surface area (Å²) in [5.41, 5.74) is 9.87. The quantitative estimate of drug-likeness (QED) is 0.829. The number of ether oxygens (including phenoxy) is 1. The van der Waals surface area contributed by atoms with Gasteiger partial charge in [-0.25, -0.2) is 0 Å². The Morgan fingerprint density at radius 1 is 1.17 bits per heavy atom. The van der Waals surface area contributed by atoms with Crippen molar-refractivity contribution in [1.29, 1.82) is 0 Å². The number of hydrogen-bond donors (Lipinski definition) is 1. The highest BCUT2D eigenvalue weighted by molar-refractivity contribution is 5.43. The smallest absolute Gasteiger partial charge is 0.122 e. The monoisotopic (exact) mass is 249 g/mol. The number of rotatable bonds is 6. The van der Waals surface area contributed by atoms with Crippen LogP contribution in [0, 0.1) is 13.8 Å². The van der Waals surface area contributed by atoms with E-state index in [1.54, 1.807) is 7.11 Å². The van der Waals surface area contributed by atoms with Crippen LogP contribution in [0.3, 0.4) is 0 Å². The fourth-order valence-electron chi connectivity index (χ4n) is 2.52. The molecule has 102 valence electrons. The Balaban J connectivity index is 2.95. The standard InChI is InChI=1S/C16H27NO/c1-6-14(8-7-13(4)17)15-9-12(3)16(18-5)10-11(15)2/h9-10,13-14H,6-8,17H2,1-5H3. The summed E-state index contributed by atoms with van der Waals surface area (Å²) in [4.78, 5) is 0. The predicted octanol–water partition coefficient (Wildman–Crippen LogP) is 3.93. The molecule has 1 aromatic carbocycles. The summed E-state index contributed by atoms with van der Waals surface area (Å²) in [7, 11) is 1.73. The van der Waals surface area contributed by atoms with E-state index in [9.17, 15) is 0 Å². The number of nitrogens with two attached hydrogens (primary N) is 1. The van der Waals surface area contributed by atoms with Gasteiger partial charge in [0.25, 0.3) is 0 Å². The van der Waals surface area contributed by atoms with E-state index < -0.39 is 0 Å². The van der Waals surface area contributed by atoms with Crippen molar-refractivity contribution in [3.8, 4) is 5.75 Å². The van der Waals surface area contributed by atoms with E-state index in [-0.39, 0.29) is 0 Å². The third kappa shape index (κ3) is 3.74. The van der Waals surface area contributed by atoms with Crippen molar-refractivity contribution in [3.63, 3.8) is 0 Å². The van der Waals surface area contributed by atoms with Gasteiger partial charge in [-0.1, -0.05) is 13.0 Å². The topological polar surface area (TPSA) is 35.2 Å². The van der Waals surface area contributed by atoms with Crippen LogP contribution in [0.15, 0.2) is 12.1 Å². The predicted molar refractivity (Wildman–Crippen MR) is 78.4 cm³/mol. The first-order chi connectivity index (χ1) is 8.49. The summed E-state index contributed by atoms with van der Waals surface area (Å²) in [6.45, 7) is 8.62. The van der Waals surface area contributed by atoms with Crippen molar-refractivity contribution in [3.05, 3.63) is 28.8 Å². The van der Waals surface area contributed by atoms with Crippen LogP contribution in [-0.4, -0.2) is 13.2 Å². The Hall–Kier alpha value is -1.02. The molecule has 2 N–H and O–H groups in total. The van der Waals surface area contributed by atoms with E-state index in [0.29, 0.717) is 12.0 Å². The highest BCUT2D eigenvalue weighted by Gasteiger charge is 2.14. The molecule has 0 aliphatic heterocycles. The number of aryl methyl sites for hydroxylation is 2. The summed E-state index contributed by atoms with van der Waals surface area (Å²) in [6.07, 6.45) is 3.42. The minimum absolute atomic E-state index is 0.290. The van der Waals surface area contributed by atoms with E-state index in [2.05, 4.69) is 39.8 Å². The van der Waals surface area contributed by atoms with Gasteiger partial charge >= 0.3 is 0 Å². The molecule has 0 heterocycles. The van der Waals surface area contributed by atoms with E-state index >= 15 is 0 Å². The minimum atomic E-state index is 0.290. The lowest BCUT2D eigenvalue weighted by Crippen LogP contribution is -2.16. The van der Waals surface area contributed by atoms with E-state index in [1.165, 1.54) is 29.5 Å². The molecule has 0 radical (unpaired) electrons. The van der Waals surface area contributed by atoms with Crippen LogP contribution in [0.5, 0.6) is 5.75 Å². The second-order valence-corrected chi connectivity index (χ2v) is 5.34. The molecule has 2 atom stereocenters. The summed E-state index contributed by atoms with van der Waals surface area (Å²) in [6, 6.07) is 4.72. The Morgan fingerprint density at radius 2 is 1.83 bits per heavy atom. The molecule has 18 heavy (non-hydrogen) atoms. The number of hydrogen-bond acceptors (Lipinski definition) is 2. The van der Waals surface area contributed by atoms with Crippen LogP contribution in [0.4, 0.5) is 0 Å². The molecular weight excluding hydrogens is 222 g/mol. The molecular formula is C16H27NO. The normalized spacial score (nSPS) is 14.3. The maximum atomic E-state index is 5.87. The first-order valence-electron chi connectivity index (χ1n) is 6.90. The van der Waals surface area contributed by atoms with Gasteiger partial charge in [0.1, 0.15) is 5.75 Å². The van der Waals surface area contributed by atoms with Crippen LogP contribution < -0.4 is 10.5 Å². The van der Waals surface area contributed by atoms with Gasteiger partial charge in [-0.2, -0.15) is 0 Å². The van der Waals surface area contributed by atoms with Gasteiger partial charge in [0.05, 0.1) is 7.11 Å². The SMILES string of the molecule is CCC(CCC(C)N)c1cc(C)c(OC)cc1C. The van der Waals surface area contributed by atoms with Crippen LogP contribution >= 0.6 is 0 Å². The molecule has 2 heteroatoms. The molecule has 0 spiro atoms. The lowest BCUT2D eigenvalue weighted by atomic mass is 9.87. The maximum Gasteiger partial charge on any atom is 0.122 e. The molecule has 0 aromatic heterocycles. The Labute approximate surface area is 112 Å². The molecule has 0 saturated carbocycles. The number of methoxy groups -OCH3 is 1. The summed E-state index contributed by atoms with van der Waals surface area (Å²) < 4.78 is 5.37. The lowest BCUT2D eigenvalue weighted by Gasteiger charge is -2.20. The molecule has 1 aromatic rings. The molecule has 0 amide bonds. The molecule has 0 aliphatic carbocycles. The zero-order valence-electron chi connectivity index (χ0n) is 12.4. The van der Waals surface area contributed by atoms with E-state index in [4.69, 9.17) is 10.5 Å². The van der Waals surface area contributed by atoms with Crippen molar-refractivity contribution in [1.82, 2.24) is 0 Å². The van der Waals surface area contributed by atoms with Crippen LogP contribution in [0.25, 0.3) is 0 Å². The third-order valence-corrected chi connectivity index (χ3v) is 3.69. The Bertz CT molecular complexity index is 385. The zero-order chi connectivity index (χ0) is 13.7.